The maximum Gasteiger partial charge on any atom is 0.243 e. The second kappa shape index (κ2) is 6.09. The molecule has 1 fully saturated rings. The molecule has 1 aromatic carbocycles. The summed E-state index contributed by atoms with van der Waals surface area (Å²) in [6, 6.07) is 6.39. The Morgan fingerprint density at radius 3 is 2.00 bits per heavy atom. The molecule has 0 unspecified atom stereocenters. The SMILES string of the molecule is Nc1nc(N)nc(-c2ccc(S(=O)(=O)N3CCCCC3)cc2)n1. The van der Waals surface area contributed by atoms with Crippen molar-refractivity contribution >= 4 is 21.9 Å². The number of hydrogen-bond donors (Lipinski definition) is 2. The maximum absolute atomic E-state index is 12.6. The van der Waals surface area contributed by atoms with Crippen LogP contribution in [0.1, 0.15) is 19.3 Å². The summed E-state index contributed by atoms with van der Waals surface area (Å²) in [7, 11) is -3.45. The third kappa shape index (κ3) is 3.25. The largest absolute Gasteiger partial charge is 0.368 e. The summed E-state index contributed by atoms with van der Waals surface area (Å²) in [5.74, 6) is 0.368. The lowest BCUT2D eigenvalue weighted by molar-refractivity contribution is 0.346. The highest BCUT2D eigenvalue weighted by molar-refractivity contribution is 7.89. The fourth-order valence-electron chi connectivity index (χ4n) is 2.57. The molecule has 2 heterocycles. The number of hydrogen-bond acceptors (Lipinski definition) is 7. The highest BCUT2D eigenvalue weighted by atomic mass is 32.2. The minimum atomic E-state index is -3.45. The number of piperidine rings is 1. The second-order valence-electron chi connectivity index (χ2n) is 5.36. The summed E-state index contributed by atoms with van der Waals surface area (Å²) in [5, 5.41) is 0. The molecule has 8 nitrogen and oxygen atoms in total. The van der Waals surface area contributed by atoms with E-state index in [9.17, 15) is 8.42 Å². The van der Waals surface area contributed by atoms with Crippen molar-refractivity contribution in [1.82, 2.24) is 19.3 Å². The van der Waals surface area contributed by atoms with Crippen molar-refractivity contribution in [2.45, 2.75) is 24.2 Å². The average Bonchev–Trinajstić information content (AvgIpc) is 2.55. The molecule has 2 aromatic rings. The van der Waals surface area contributed by atoms with Crippen molar-refractivity contribution in [3.05, 3.63) is 24.3 Å². The monoisotopic (exact) mass is 334 g/mol. The van der Waals surface area contributed by atoms with Gasteiger partial charge in [-0.15, -0.1) is 0 Å². The first-order chi connectivity index (χ1) is 11.0. The van der Waals surface area contributed by atoms with Crippen LogP contribution in [0.3, 0.4) is 0 Å². The van der Waals surface area contributed by atoms with Crippen LogP contribution in [0.4, 0.5) is 11.9 Å². The van der Waals surface area contributed by atoms with E-state index in [1.807, 2.05) is 0 Å². The van der Waals surface area contributed by atoms with Crippen LogP contribution in [-0.2, 0) is 10.0 Å². The van der Waals surface area contributed by atoms with E-state index in [1.165, 1.54) is 4.31 Å². The Morgan fingerprint density at radius 1 is 0.870 bits per heavy atom. The van der Waals surface area contributed by atoms with Gasteiger partial charge < -0.3 is 11.5 Å². The van der Waals surface area contributed by atoms with E-state index in [0.29, 0.717) is 24.5 Å². The van der Waals surface area contributed by atoms with Crippen molar-refractivity contribution in [1.29, 1.82) is 0 Å². The molecule has 4 N–H and O–H groups in total. The summed E-state index contributed by atoms with van der Waals surface area (Å²) < 4.78 is 26.7. The number of aromatic nitrogens is 3. The first kappa shape index (κ1) is 15.6. The Labute approximate surface area is 134 Å². The Hall–Kier alpha value is -2.26. The number of benzene rings is 1. The molecule has 0 radical (unpaired) electrons. The van der Waals surface area contributed by atoms with Crippen LogP contribution in [0.2, 0.25) is 0 Å². The number of sulfonamides is 1. The van der Waals surface area contributed by atoms with Gasteiger partial charge >= 0.3 is 0 Å². The number of anilines is 2. The van der Waals surface area contributed by atoms with Gasteiger partial charge in [0.1, 0.15) is 0 Å². The standard InChI is InChI=1S/C14H18N6O2S/c15-13-17-12(18-14(16)19-13)10-4-6-11(7-5-10)23(21,22)20-8-2-1-3-9-20/h4-7H,1-3,8-9H2,(H4,15,16,17,18,19). The van der Waals surface area contributed by atoms with Crippen LogP contribution in [0, 0.1) is 0 Å². The fraction of sp³-hybridized carbons (Fsp3) is 0.357. The first-order valence-electron chi connectivity index (χ1n) is 7.34. The molecule has 23 heavy (non-hydrogen) atoms. The molecule has 9 heteroatoms. The quantitative estimate of drug-likeness (QED) is 0.852. The van der Waals surface area contributed by atoms with Gasteiger partial charge in [-0.25, -0.2) is 8.42 Å². The second-order valence-corrected chi connectivity index (χ2v) is 7.30. The lowest BCUT2D eigenvalue weighted by Gasteiger charge is -2.25. The number of rotatable bonds is 3. The molecule has 3 rings (SSSR count). The Bertz CT molecular complexity index is 780. The molecule has 1 saturated heterocycles. The first-order valence-corrected chi connectivity index (χ1v) is 8.78. The van der Waals surface area contributed by atoms with E-state index >= 15 is 0 Å². The molecule has 1 aliphatic heterocycles. The van der Waals surface area contributed by atoms with Crippen molar-refractivity contribution in [3.8, 4) is 11.4 Å². The van der Waals surface area contributed by atoms with Gasteiger partial charge in [-0.2, -0.15) is 19.3 Å². The van der Waals surface area contributed by atoms with Crippen molar-refractivity contribution < 1.29 is 8.42 Å². The average molecular weight is 334 g/mol. The van der Waals surface area contributed by atoms with Crippen LogP contribution in [0.5, 0.6) is 0 Å². The van der Waals surface area contributed by atoms with Gasteiger partial charge in [-0.3, -0.25) is 0 Å². The van der Waals surface area contributed by atoms with Gasteiger partial charge in [0.25, 0.3) is 0 Å². The van der Waals surface area contributed by atoms with Crippen LogP contribution >= 0.6 is 0 Å². The molecule has 0 atom stereocenters. The lowest BCUT2D eigenvalue weighted by atomic mass is 10.2. The van der Waals surface area contributed by atoms with Gasteiger partial charge in [0.15, 0.2) is 5.82 Å². The Kier molecular flexibility index (Phi) is 4.14. The van der Waals surface area contributed by atoms with Crippen molar-refractivity contribution in [3.63, 3.8) is 0 Å². The number of nitrogens with two attached hydrogens (primary N) is 2. The number of nitrogens with zero attached hydrogens (tertiary/aromatic N) is 4. The molecule has 0 spiro atoms. The van der Waals surface area contributed by atoms with E-state index in [1.54, 1.807) is 24.3 Å². The van der Waals surface area contributed by atoms with Crippen LogP contribution < -0.4 is 11.5 Å². The van der Waals surface area contributed by atoms with Gasteiger partial charge in [0.05, 0.1) is 4.90 Å². The summed E-state index contributed by atoms with van der Waals surface area (Å²) in [6.07, 6.45) is 2.88. The molecule has 1 aromatic heterocycles. The minimum Gasteiger partial charge on any atom is -0.368 e. The normalized spacial score (nSPS) is 16.3. The van der Waals surface area contributed by atoms with E-state index in [0.717, 1.165) is 19.3 Å². The zero-order valence-electron chi connectivity index (χ0n) is 12.5. The van der Waals surface area contributed by atoms with E-state index in [-0.39, 0.29) is 16.8 Å². The molecule has 0 saturated carbocycles. The third-order valence-corrected chi connectivity index (χ3v) is 5.65. The molecule has 0 bridgehead atoms. The fourth-order valence-corrected chi connectivity index (χ4v) is 4.09. The van der Waals surface area contributed by atoms with Crippen molar-refractivity contribution in [2.75, 3.05) is 24.6 Å². The molecule has 1 aliphatic rings. The summed E-state index contributed by atoms with van der Waals surface area (Å²) in [4.78, 5) is 12.0. The van der Waals surface area contributed by atoms with Crippen LogP contribution in [0.15, 0.2) is 29.2 Å². The van der Waals surface area contributed by atoms with Gasteiger partial charge in [-0.1, -0.05) is 6.42 Å². The van der Waals surface area contributed by atoms with E-state index < -0.39 is 10.0 Å². The molecule has 122 valence electrons. The van der Waals surface area contributed by atoms with Gasteiger partial charge in [-0.05, 0) is 37.1 Å². The molecule has 0 aliphatic carbocycles. The zero-order chi connectivity index (χ0) is 16.4. The van der Waals surface area contributed by atoms with Gasteiger partial charge in [0.2, 0.25) is 21.9 Å². The smallest absolute Gasteiger partial charge is 0.243 e. The number of nitrogen functional groups attached to an aromatic ring is 2. The van der Waals surface area contributed by atoms with Crippen molar-refractivity contribution in [2.24, 2.45) is 0 Å². The summed E-state index contributed by atoms with van der Waals surface area (Å²) in [6.45, 7) is 1.15. The predicted molar refractivity (Wildman–Crippen MR) is 86.7 cm³/mol. The highest BCUT2D eigenvalue weighted by Gasteiger charge is 2.25. The van der Waals surface area contributed by atoms with Crippen LogP contribution in [-0.4, -0.2) is 40.8 Å². The zero-order valence-corrected chi connectivity index (χ0v) is 13.3. The Balaban J connectivity index is 1.89. The molecular weight excluding hydrogens is 316 g/mol. The molecule has 0 amide bonds. The Morgan fingerprint density at radius 2 is 1.43 bits per heavy atom. The minimum absolute atomic E-state index is 0.0255. The van der Waals surface area contributed by atoms with Crippen LogP contribution in [0.25, 0.3) is 11.4 Å². The lowest BCUT2D eigenvalue weighted by Crippen LogP contribution is -2.35. The maximum atomic E-state index is 12.6. The molecular formula is C14H18N6O2S. The van der Waals surface area contributed by atoms with E-state index in [4.69, 9.17) is 11.5 Å². The summed E-state index contributed by atoms with van der Waals surface area (Å²) in [5.41, 5.74) is 11.7. The topological polar surface area (TPSA) is 128 Å². The predicted octanol–water partition coefficient (Wildman–Crippen LogP) is 0.878. The van der Waals surface area contributed by atoms with Gasteiger partial charge in [0, 0.05) is 18.7 Å². The van der Waals surface area contributed by atoms with E-state index in [2.05, 4.69) is 15.0 Å². The highest BCUT2D eigenvalue weighted by Crippen LogP contribution is 2.23. The summed E-state index contributed by atoms with van der Waals surface area (Å²) >= 11 is 0. The third-order valence-electron chi connectivity index (χ3n) is 3.74.